The number of fused-ring (bicyclic) bond motifs is 1. The molecule has 2 heterocycles. The molecule has 0 saturated carbocycles. The Bertz CT molecular complexity index is 642. The number of anilines is 1. The Morgan fingerprint density at radius 1 is 1.45 bits per heavy atom. The number of carbonyl (C=O) groups excluding carboxylic acids is 2. The average Bonchev–Trinajstić information content (AvgIpc) is 2.54. The van der Waals surface area contributed by atoms with E-state index in [9.17, 15) is 9.59 Å². The van der Waals surface area contributed by atoms with E-state index in [4.69, 9.17) is 0 Å². The molecule has 1 atom stereocenters. The third-order valence-electron chi connectivity index (χ3n) is 3.81. The first-order valence-electron chi connectivity index (χ1n) is 7.42. The molecular formula is C16H19N3O2S. The molecule has 0 bridgehead atoms. The van der Waals surface area contributed by atoms with Crippen molar-refractivity contribution in [2.75, 3.05) is 25.0 Å². The van der Waals surface area contributed by atoms with Crippen molar-refractivity contribution < 1.29 is 9.59 Å². The smallest absolute Gasteiger partial charge is 0.251 e. The Labute approximate surface area is 133 Å². The summed E-state index contributed by atoms with van der Waals surface area (Å²) >= 11 is 1.52. The molecule has 22 heavy (non-hydrogen) atoms. The van der Waals surface area contributed by atoms with Crippen LogP contribution in [-0.2, 0) is 4.79 Å². The summed E-state index contributed by atoms with van der Waals surface area (Å²) in [5, 5.41) is 8.94. The van der Waals surface area contributed by atoms with Crippen LogP contribution in [0.3, 0.4) is 0 Å². The first-order valence-corrected chi connectivity index (χ1v) is 8.30. The lowest BCUT2D eigenvalue weighted by Crippen LogP contribution is -2.30. The van der Waals surface area contributed by atoms with E-state index in [0.717, 1.165) is 30.1 Å². The third-order valence-corrected chi connectivity index (χ3v) is 4.98. The van der Waals surface area contributed by atoms with E-state index in [2.05, 4.69) is 22.0 Å². The molecule has 0 spiro atoms. The van der Waals surface area contributed by atoms with Crippen LogP contribution >= 0.6 is 11.8 Å². The van der Waals surface area contributed by atoms with Crippen molar-refractivity contribution in [3.05, 3.63) is 35.4 Å². The molecule has 2 aliphatic rings. The van der Waals surface area contributed by atoms with E-state index in [0.29, 0.717) is 12.1 Å². The summed E-state index contributed by atoms with van der Waals surface area (Å²) in [6, 6.07) is 5.45. The predicted octanol–water partition coefficient (Wildman–Crippen LogP) is 1.77. The van der Waals surface area contributed by atoms with E-state index < -0.39 is 0 Å². The zero-order valence-corrected chi connectivity index (χ0v) is 13.3. The molecule has 1 aromatic rings. The molecule has 0 radical (unpaired) electrons. The zero-order valence-electron chi connectivity index (χ0n) is 12.4. The van der Waals surface area contributed by atoms with Crippen molar-refractivity contribution in [3.63, 3.8) is 0 Å². The van der Waals surface area contributed by atoms with Crippen molar-refractivity contribution in [1.82, 2.24) is 10.6 Å². The number of nitrogens with one attached hydrogen (secondary N) is 3. The third kappa shape index (κ3) is 3.34. The largest absolute Gasteiger partial charge is 0.348 e. The summed E-state index contributed by atoms with van der Waals surface area (Å²) in [6.45, 7) is 4.28. The molecule has 3 rings (SSSR count). The topological polar surface area (TPSA) is 70.2 Å². The SMILES string of the molecule is CC1Sc2ccc(C(=O)NCC3=CCNCC3)cc2NC1=O. The zero-order chi connectivity index (χ0) is 15.5. The van der Waals surface area contributed by atoms with Gasteiger partial charge < -0.3 is 16.0 Å². The standard InChI is InChI=1S/C16H19N3O2S/c1-10-15(20)19-13-8-12(2-3-14(13)22-10)16(21)18-9-11-4-6-17-7-5-11/h2-4,8,10,17H,5-7,9H2,1H3,(H,18,21)(H,19,20). The van der Waals surface area contributed by atoms with Gasteiger partial charge in [0.15, 0.2) is 0 Å². The highest BCUT2D eigenvalue weighted by atomic mass is 32.2. The maximum atomic E-state index is 12.2. The average molecular weight is 317 g/mol. The molecule has 5 nitrogen and oxygen atoms in total. The summed E-state index contributed by atoms with van der Waals surface area (Å²) in [5.41, 5.74) is 2.55. The van der Waals surface area contributed by atoms with Crippen LogP contribution in [0.25, 0.3) is 0 Å². The number of hydrogen-bond donors (Lipinski definition) is 3. The monoisotopic (exact) mass is 317 g/mol. The summed E-state index contributed by atoms with van der Waals surface area (Å²) in [5.74, 6) is -0.130. The summed E-state index contributed by atoms with van der Waals surface area (Å²) < 4.78 is 0. The molecule has 1 aromatic carbocycles. The van der Waals surface area contributed by atoms with Crippen molar-refractivity contribution in [1.29, 1.82) is 0 Å². The quantitative estimate of drug-likeness (QED) is 0.743. The molecule has 3 N–H and O–H groups in total. The van der Waals surface area contributed by atoms with Gasteiger partial charge in [0.2, 0.25) is 5.91 Å². The Morgan fingerprint density at radius 3 is 3.09 bits per heavy atom. The van der Waals surface area contributed by atoms with Crippen LogP contribution in [0.15, 0.2) is 34.7 Å². The Hall–Kier alpha value is -1.79. The highest BCUT2D eigenvalue weighted by Gasteiger charge is 2.23. The summed E-state index contributed by atoms with van der Waals surface area (Å²) in [4.78, 5) is 25.0. The van der Waals surface area contributed by atoms with Gasteiger partial charge in [0.1, 0.15) is 0 Å². The number of hydrogen-bond acceptors (Lipinski definition) is 4. The molecule has 0 aliphatic carbocycles. The minimum Gasteiger partial charge on any atom is -0.348 e. The van der Waals surface area contributed by atoms with Gasteiger partial charge in [0, 0.05) is 23.5 Å². The second-order valence-corrected chi connectivity index (χ2v) is 6.84. The first kappa shape index (κ1) is 15.1. The fraction of sp³-hybridized carbons (Fsp3) is 0.375. The van der Waals surface area contributed by atoms with Crippen LogP contribution in [-0.4, -0.2) is 36.7 Å². The van der Waals surface area contributed by atoms with Crippen LogP contribution in [0.5, 0.6) is 0 Å². The van der Waals surface area contributed by atoms with Gasteiger partial charge in [-0.1, -0.05) is 11.6 Å². The lowest BCUT2D eigenvalue weighted by atomic mass is 10.1. The Balaban J connectivity index is 1.67. The molecule has 0 saturated heterocycles. The Morgan fingerprint density at radius 2 is 2.32 bits per heavy atom. The lowest BCUT2D eigenvalue weighted by molar-refractivity contribution is -0.115. The maximum absolute atomic E-state index is 12.2. The number of rotatable bonds is 3. The molecule has 0 fully saturated rings. The number of benzene rings is 1. The van der Waals surface area contributed by atoms with E-state index in [1.54, 1.807) is 6.07 Å². The van der Waals surface area contributed by atoms with Crippen molar-refractivity contribution in [2.24, 2.45) is 0 Å². The molecular weight excluding hydrogens is 298 g/mol. The van der Waals surface area contributed by atoms with Gasteiger partial charge in [-0.2, -0.15) is 0 Å². The van der Waals surface area contributed by atoms with Gasteiger partial charge in [-0.3, -0.25) is 9.59 Å². The normalized spacial score (nSPS) is 20.7. The Kier molecular flexibility index (Phi) is 4.49. The van der Waals surface area contributed by atoms with Crippen molar-refractivity contribution in [2.45, 2.75) is 23.5 Å². The van der Waals surface area contributed by atoms with E-state index >= 15 is 0 Å². The van der Waals surface area contributed by atoms with Crippen LogP contribution in [0.4, 0.5) is 5.69 Å². The fourth-order valence-electron chi connectivity index (χ4n) is 2.48. The number of carbonyl (C=O) groups is 2. The minimum absolute atomic E-state index is 0.0186. The lowest BCUT2D eigenvalue weighted by Gasteiger charge is -2.21. The highest BCUT2D eigenvalue weighted by Crippen LogP contribution is 2.35. The van der Waals surface area contributed by atoms with Gasteiger partial charge in [-0.05, 0) is 38.1 Å². The molecule has 6 heteroatoms. The van der Waals surface area contributed by atoms with Crippen LogP contribution in [0.1, 0.15) is 23.7 Å². The predicted molar refractivity (Wildman–Crippen MR) is 88.3 cm³/mol. The fourth-order valence-corrected chi connectivity index (χ4v) is 3.41. The first-order chi connectivity index (χ1) is 10.6. The van der Waals surface area contributed by atoms with Crippen molar-refractivity contribution >= 4 is 29.3 Å². The molecule has 116 valence electrons. The second-order valence-electron chi connectivity index (χ2n) is 5.46. The number of thioether (sulfide) groups is 1. The second kappa shape index (κ2) is 6.54. The van der Waals surface area contributed by atoms with Crippen LogP contribution < -0.4 is 16.0 Å². The van der Waals surface area contributed by atoms with Gasteiger partial charge in [0.25, 0.3) is 5.91 Å². The van der Waals surface area contributed by atoms with Crippen LogP contribution in [0, 0.1) is 0 Å². The number of amides is 2. The minimum atomic E-state index is -0.111. The maximum Gasteiger partial charge on any atom is 0.251 e. The molecule has 0 aromatic heterocycles. The van der Waals surface area contributed by atoms with E-state index in [1.165, 1.54) is 17.3 Å². The summed E-state index contributed by atoms with van der Waals surface area (Å²) in [7, 11) is 0. The van der Waals surface area contributed by atoms with E-state index in [-0.39, 0.29) is 17.1 Å². The molecule has 2 amide bonds. The highest BCUT2D eigenvalue weighted by molar-refractivity contribution is 8.00. The van der Waals surface area contributed by atoms with Gasteiger partial charge in [-0.25, -0.2) is 0 Å². The van der Waals surface area contributed by atoms with Gasteiger partial charge in [-0.15, -0.1) is 11.8 Å². The van der Waals surface area contributed by atoms with Crippen LogP contribution in [0.2, 0.25) is 0 Å². The van der Waals surface area contributed by atoms with Gasteiger partial charge in [0.05, 0.1) is 10.9 Å². The molecule has 1 unspecified atom stereocenters. The summed E-state index contributed by atoms with van der Waals surface area (Å²) in [6.07, 6.45) is 3.09. The van der Waals surface area contributed by atoms with Crippen molar-refractivity contribution in [3.8, 4) is 0 Å². The molecule has 2 aliphatic heterocycles. The van der Waals surface area contributed by atoms with Gasteiger partial charge >= 0.3 is 0 Å². The van der Waals surface area contributed by atoms with E-state index in [1.807, 2.05) is 19.1 Å².